The lowest BCUT2D eigenvalue weighted by Crippen LogP contribution is -2.52. The molecule has 0 bridgehead atoms. The van der Waals surface area contributed by atoms with Crippen LogP contribution in [0.5, 0.6) is 0 Å². The minimum absolute atomic E-state index is 0.111. The van der Waals surface area contributed by atoms with Gasteiger partial charge < -0.3 is 10.9 Å². The molecule has 2 rings (SSSR count). The molecule has 116 valence electrons. The number of benzene rings is 1. The van der Waals surface area contributed by atoms with Gasteiger partial charge in [0.05, 0.1) is 6.04 Å². The van der Waals surface area contributed by atoms with Crippen LogP contribution < -0.4 is 5.73 Å². The van der Waals surface area contributed by atoms with Crippen LogP contribution in [0.2, 0.25) is 0 Å². The van der Waals surface area contributed by atoms with E-state index in [9.17, 15) is 8.78 Å². The molecule has 1 heterocycles. The van der Waals surface area contributed by atoms with E-state index in [2.05, 4.69) is 15.0 Å². The van der Waals surface area contributed by atoms with Crippen LogP contribution in [0.3, 0.4) is 0 Å². The Bertz CT molecular complexity index is 516. The lowest BCUT2D eigenvalue weighted by atomic mass is 10.1. The Hall–Kier alpha value is -1.73. The van der Waals surface area contributed by atoms with Crippen LogP contribution >= 0.6 is 0 Å². The quantitative estimate of drug-likeness (QED) is 0.380. The van der Waals surface area contributed by atoms with Crippen molar-refractivity contribution in [2.45, 2.75) is 19.5 Å². The third kappa shape index (κ3) is 3.89. The maximum absolute atomic E-state index is 13.2. The molecule has 3 N–H and O–H groups in total. The average molecular weight is 298 g/mol. The largest absolute Gasteiger partial charge is 0.409 e. The fourth-order valence-electron chi connectivity index (χ4n) is 2.48. The van der Waals surface area contributed by atoms with Gasteiger partial charge in [-0.15, -0.1) is 0 Å². The van der Waals surface area contributed by atoms with Crippen LogP contribution in [0.1, 0.15) is 12.5 Å². The number of piperazine rings is 1. The van der Waals surface area contributed by atoms with Crippen molar-refractivity contribution in [3.8, 4) is 0 Å². The van der Waals surface area contributed by atoms with E-state index in [0.29, 0.717) is 6.54 Å². The van der Waals surface area contributed by atoms with Crippen LogP contribution in [-0.2, 0) is 6.54 Å². The fraction of sp³-hybridized carbons (Fsp3) is 0.500. The summed E-state index contributed by atoms with van der Waals surface area (Å²) in [5.74, 6) is -1.44. The Morgan fingerprint density at radius 2 is 1.95 bits per heavy atom. The molecular formula is C14H20F2N4O. The summed E-state index contributed by atoms with van der Waals surface area (Å²) in [4.78, 5) is 4.29. The van der Waals surface area contributed by atoms with E-state index in [-0.39, 0.29) is 11.9 Å². The zero-order valence-corrected chi connectivity index (χ0v) is 12.0. The van der Waals surface area contributed by atoms with E-state index >= 15 is 0 Å². The first-order valence-corrected chi connectivity index (χ1v) is 6.89. The Kier molecular flexibility index (Phi) is 5.08. The number of rotatable bonds is 4. The van der Waals surface area contributed by atoms with E-state index in [4.69, 9.17) is 10.9 Å². The Morgan fingerprint density at radius 1 is 1.29 bits per heavy atom. The van der Waals surface area contributed by atoms with Gasteiger partial charge >= 0.3 is 0 Å². The number of halogens is 2. The predicted molar refractivity (Wildman–Crippen MR) is 76.1 cm³/mol. The number of oxime groups is 1. The van der Waals surface area contributed by atoms with Gasteiger partial charge in [0, 0.05) is 32.7 Å². The molecular weight excluding hydrogens is 278 g/mol. The molecule has 0 aliphatic carbocycles. The van der Waals surface area contributed by atoms with E-state index in [1.807, 2.05) is 6.92 Å². The number of hydrogen-bond donors (Lipinski definition) is 2. The van der Waals surface area contributed by atoms with Gasteiger partial charge in [0.1, 0.15) is 0 Å². The Morgan fingerprint density at radius 3 is 2.52 bits per heavy atom. The van der Waals surface area contributed by atoms with Crippen molar-refractivity contribution < 1.29 is 14.0 Å². The molecule has 1 aliphatic rings. The first-order chi connectivity index (χ1) is 10.0. The van der Waals surface area contributed by atoms with Crippen molar-refractivity contribution in [1.82, 2.24) is 9.80 Å². The molecule has 5 nitrogen and oxygen atoms in total. The molecule has 0 spiro atoms. The zero-order chi connectivity index (χ0) is 15.4. The molecule has 0 amide bonds. The van der Waals surface area contributed by atoms with E-state index in [1.165, 1.54) is 6.07 Å². The molecule has 7 heteroatoms. The van der Waals surface area contributed by atoms with Crippen LogP contribution in [0.25, 0.3) is 0 Å². The lowest BCUT2D eigenvalue weighted by Gasteiger charge is -2.37. The molecule has 0 aromatic heterocycles. The van der Waals surface area contributed by atoms with Gasteiger partial charge in [-0.05, 0) is 24.6 Å². The predicted octanol–water partition coefficient (Wildman–Crippen LogP) is 1.22. The maximum Gasteiger partial charge on any atom is 0.159 e. The molecule has 1 unspecified atom stereocenters. The maximum atomic E-state index is 13.2. The van der Waals surface area contributed by atoms with Crippen LogP contribution in [0.15, 0.2) is 23.4 Å². The first kappa shape index (κ1) is 15.7. The molecule has 1 atom stereocenters. The molecule has 21 heavy (non-hydrogen) atoms. The molecule has 0 saturated carbocycles. The van der Waals surface area contributed by atoms with Crippen LogP contribution in [-0.4, -0.2) is 53.1 Å². The second-order valence-electron chi connectivity index (χ2n) is 5.26. The average Bonchev–Trinajstić information content (AvgIpc) is 2.50. The van der Waals surface area contributed by atoms with E-state index in [1.54, 1.807) is 6.07 Å². The van der Waals surface area contributed by atoms with Crippen molar-refractivity contribution in [3.63, 3.8) is 0 Å². The SMILES string of the molecule is CC(/C(N)=N/O)N1CCN(Cc2ccc(F)c(F)c2)CC1. The Labute approximate surface area is 122 Å². The van der Waals surface area contributed by atoms with E-state index in [0.717, 1.165) is 37.8 Å². The highest BCUT2D eigenvalue weighted by Gasteiger charge is 2.23. The van der Waals surface area contributed by atoms with Crippen LogP contribution in [0, 0.1) is 11.6 Å². The monoisotopic (exact) mass is 298 g/mol. The number of nitrogens with zero attached hydrogens (tertiary/aromatic N) is 3. The van der Waals surface area contributed by atoms with Gasteiger partial charge in [0.2, 0.25) is 0 Å². The van der Waals surface area contributed by atoms with Crippen molar-refractivity contribution >= 4 is 5.84 Å². The van der Waals surface area contributed by atoms with Crippen molar-refractivity contribution in [2.24, 2.45) is 10.9 Å². The summed E-state index contributed by atoms with van der Waals surface area (Å²) in [6, 6.07) is 3.88. The molecule has 1 aliphatic heterocycles. The smallest absolute Gasteiger partial charge is 0.159 e. The Balaban J connectivity index is 1.88. The topological polar surface area (TPSA) is 65.1 Å². The van der Waals surface area contributed by atoms with Gasteiger partial charge in [-0.1, -0.05) is 11.2 Å². The third-order valence-electron chi connectivity index (χ3n) is 3.89. The fourth-order valence-corrected chi connectivity index (χ4v) is 2.48. The number of nitrogens with two attached hydrogens (primary N) is 1. The summed E-state index contributed by atoms with van der Waals surface area (Å²) in [6.07, 6.45) is 0. The lowest BCUT2D eigenvalue weighted by molar-refractivity contribution is 0.116. The van der Waals surface area contributed by atoms with Crippen molar-refractivity contribution in [2.75, 3.05) is 26.2 Å². The highest BCUT2D eigenvalue weighted by molar-refractivity contribution is 5.84. The molecule has 0 radical (unpaired) electrons. The highest BCUT2D eigenvalue weighted by atomic mass is 19.2. The summed E-state index contributed by atoms with van der Waals surface area (Å²) in [6.45, 7) is 5.62. The van der Waals surface area contributed by atoms with Crippen molar-refractivity contribution in [1.29, 1.82) is 0 Å². The second kappa shape index (κ2) is 6.82. The molecule has 1 fully saturated rings. The normalized spacial score (nSPS) is 19.7. The minimum atomic E-state index is -0.823. The molecule has 1 aromatic carbocycles. The van der Waals surface area contributed by atoms with Gasteiger partial charge in [-0.25, -0.2) is 8.78 Å². The zero-order valence-electron chi connectivity index (χ0n) is 12.0. The third-order valence-corrected chi connectivity index (χ3v) is 3.89. The summed E-state index contributed by atoms with van der Waals surface area (Å²) in [5, 5.41) is 11.7. The highest BCUT2D eigenvalue weighted by Crippen LogP contribution is 2.13. The second-order valence-corrected chi connectivity index (χ2v) is 5.26. The van der Waals surface area contributed by atoms with Crippen LogP contribution in [0.4, 0.5) is 8.78 Å². The summed E-state index contributed by atoms with van der Waals surface area (Å²) in [5.41, 5.74) is 6.36. The number of amidine groups is 1. The van der Waals surface area contributed by atoms with E-state index < -0.39 is 11.6 Å². The molecule has 1 aromatic rings. The van der Waals surface area contributed by atoms with Crippen molar-refractivity contribution in [3.05, 3.63) is 35.4 Å². The first-order valence-electron chi connectivity index (χ1n) is 6.89. The summed E-state index contributed by atoms with van der Waals surface area (Å²) >= 11 is 0. The summed E-state index contributed by atoms with van der Waals surface area (Å²) in [7, 11) is 0. The number of hydrogen-bond acceptors (Lipinski definition) is 4. The standard InChI is InChI=1S/C14H20F2N4O/c1-10(14(17)18-21)20-6-4-19(5-7-20)9-11-2-3-12(15)13(16)8-11/h2-3,8,10,21H,4-7,9H2,1H3,(H2,17,18). The van der Waals surface area contributed by atoms with Gasteiger partial charge in [0.25, 0.3) is 0 Å². The van der Waals surface area contributed by atoms with Gasteiger partial charge in [0.15, 0.2) is 17.5 Å². The summed E-state index contributed by atoms with van der Waals surface area (Å²) < 4.78 is 26.1. The van der Waals surface area contributed by atoms with Gasteiger partial charge in [-0.3, -0.25) is 9.80 Å². The minimum Gasteiger partial charge on any atom is -0.409 e. The van der Waals surface area contributed by atoms with Gasteiger partial charge in [-0.2, -0.15) is 0 Å². The molecule has 1 saturated heterocycles.